The number of hydrogen-bond donors (Lipinski definition) is 1. The van der Waals surface area contributed by atoms with Gasteiger partial charge in [-0.1, -0.05) is 36.3 Å². The van der Waals surface area contributed by atoms with E-state index >= 15 is 0 Å². The number of carbonyl (C=O) groups excluding carboxylic acids is 1. The van der Waals surface area contributed by atoms with Crippen molar-refractivity contribution in [2.45, 2.75) is 39.8 Å². The van der Waals surface area contributed by atoms with E-state index in [0.717, 1.165) is 56.2 Å². The van der Waals surface area contributed by atoms with Crippen molar-refractivity contribution in [3.8, 4) is 0 Å². The third kappa shape index (κ3) is 4.64. The second kappa shape index (κ2) is 8.36. The minimum absolute atomic E-state index is 0.00334. The zero-order valence-electron chi connectivity index (χ0n) is 15.9. The van der Waals surface area contributed by atoms with Crippen LogP contribution in [0.2, 0.25) is 0 Å². The fourth-order valence-corrected chi connectivity index (χ4v) is 3.22. The number of aromatic nitrogens is 1. The molecule has 1 N–H and O–H groups in total. The highest BCUT2D eigenvalue weighted by atomic mass is 16.5. The molecule has 2 amide bonds. The summed E-state index contributed by atoms with van der Waals surface area (Å²) in [6.45, 7) is 9.97. The van der Waals surface area contributed by atoms with E-state index in [1.807, 2.05) is 24.8 Å². The number of piperazine rings is 1. The minimum atomic E-state index is 0.00334. The first-order chi connectivity index (χ1) is 12.5. The van der Waals surface area contributed by atoms with Crippen LogP contribution in [0.25, 0.3) is 0 Å². The molecule has 1 aromatic carbocycles. The van der Waals surface area contributed by atoms with Gasteiger partial charge in [0.25, 0.3) is 0 Å². The molecule has 0 spiro atoms. The van der Waals surface area contributed by atoms with E-state index < -0.39 is 0 Å². The van der Waals surface area contributed by atoms with Gasteiger partial charge in [0.15, 0.2) is 5.76 Å². The molecule has 26 heavy (non-hydrogen) atoms. The lowest BCUT2D eigenvalue weighted by Crippen LogP contribution is -2.51. The number of amides is 2. The number of carbonyl (C=O) groups is 1. The molecule has 0 saturated carbocycles. The van der Waals surface area contributed by atoms with Crippen LogP contribution in [-0.4, -0.2) is 47.2 Å². The second-order valence-corrected chi connectivity index (χ2v) is 6.96. The SMILES string of the molecule is CCc1ccc(C(C)NC(=O)N2CCN(Cc3cc(C)no3)CC2)cc1. The van der Waals surface area contributed by atoms with Crippen LogP contribution < -0.4 is 5.32 Å². The Morgan fingerprint density at radius 1 is 1.23 bits per heavy atom. The molecule has 0 radical (unpaired) electrons. The Labute approximate surface area is 155 Å². The van der Waals surface area contributed by atoms with E-state index in [9.17, 15) is 4.79 Å². The predicted octanol–water partition coefficient (Wildman–Crippen LogP) is 3.13. The standard InChI is InChI=1S/C20H28N4O2/c1-4-17-5-7-18(8-6-17)16(3)21-20(25)24-11-9-23(10-12-24)14-19-13-15(2)22-26-19/h5-8,13,16H,4,9-12,14H2,1-3H3,(H,21,25). The average Bonchev–Trinajstić information content (AvgIpc) is 3.07. The molecule has 2 heterocycles. The number of aryl methyl sites for hydroxylation is 2. The zero-order chi connectivity index (χ0) is 18.5. The summed E-state index contributed by atoms with van der Waals surface area (Å²) < 4.78 is 5.27. The summed E-state index contributed by atoms with van der Waals surface area (Å²) >= 11 is 0. The normalized spacial score (nSPS) is 16.5. The molecule has 3 rings (SSSR count). The van der Waals surface area contributed by atoms with Crippen molar-refractivity contribution in [3.63, 3.8) is 0 Å². The fraction of sp³-hybridized carbons (Fsp3) is 0.500. The molecule has 1 atom stereocenters. The van der Waals surface area contributed by atoms with Crippen LogP contribution in [0.15, 0.2) is 34.9 Å². The predicted molar refractivity (Wildman–Crippen MR) is 101 cm³/mol. The van der Waals surface area contributed by atoms with Gasteiger partial charge in [-0.15, -0.1) is 0 Å². The Kier molecular flexibility index (Phi) is 5.93. The highest BCUT2D eigenvalue weighted by Gasteiger charge is 2.23. The Morgan fingerprint density at radius 2 is 1.92 bits per heavy atom. The zero-order valence-corrected chi connectivity index (χ0v) is 15.9. The van der Waals surface area contributed by atoms with Gasteiger partial charge in [-0.2, -0.15) is 0 Å². The van der Waals surface area contributed by atoms with Gasteiger partial charge in [0.2, 0.25) is 0 Å². The number of nitrogens with zero attached hydrogens (tertiary/aromatic N) is 3. The molecule has 1 aromatic heterocycles. The molecule has 6 nitrogen and oxygen atoms in total. The van der Waals surface area contributed by atoms with Gasteiger partial charge in [-0.05, 0) is 31.4 Å². The van der Waals surface area contributed by atoms with Crippen molar-refractivity contribution >= 4 is 6.03 Å². The molecule has 1 aliphatic heterocycles. The summed E-state index contributed by atoms with van der Waals surface area (Å²) in [6, 6.07) is 10.4. The van der Waals surface area contributed by atoms with Gasteiger partial charge in [0.05, 0.1) is 18.3 Å². The van der Waals surface area contributed by atoms with Gasteiger partial charge >= 0.3 is 6.03 Å². The van der Waals surface area contributed by atoms with Crippen molar-refractivity contribution < 1.29 is 9.32 Å². The first-order valence-corrected chi connectivity index (χ1v) is 9.34. The Balaban J connectivity index is 1.46. The largest absolute Gasteiger partial charge is 0.360 e. The number of benzene rings is 1. The number of nitrogens with one attached hydrogen (secondary N) is 1. The van der Waals surface area contributed by atoms with Crippen LogP contribution in [0.3, 0.4) is 0 Å². The minimum Gasteiger partial charge on any atom is -0.360 e. The number of urea groups is 1. The lowest BCUT2D eigenvalue weighted by atomic mass is 10.1. The highest BCUT2D eigenvalue weighted by molar-refractivity contribution is 5.74. The fourth-order valence-electron chi connectivity index (χ4n) is 3.22. The van der Waals surface area contributed by atoms with Gasteiger partial charge in [0, 0.05) is 32.2 Å². The lowest BCUT2D eigenvalue weighted by molar-refractivity contribution is 0.126. The molecule has 6 heteroatoms. The third-order valence-corrected chi connectivity index (χ3v) is 4.94. The topological polar surface area (TPSA) is 61.6 Å². The van der Waals surface area contributed by atoms with Crippen molar-refractivity contribution in [3.05, 3.63) is 52.9 Å². The molecule has 2 aromatic rings. The van der Waals surface area contributed by atoms with E-state index in [2.05, 4.69) is 46.6 Å². The lowest BCUT2D eigenvalue weighted by Gasteiger charge is -2.34. The quantitative estimate of drug-likeness (QED) is 0.894. The Bertz CT molecular complexity index is 718. The van der Waals surface area contributed by atoms with Crippen LogP contribution in [0.5, 0.6) is 0 Å². The molecule has 140 valence electrons. The van der Waals surface area contributed by atoms with Crippen molar-refractivity contribution in [1.82, 2.24) is 20.3 Å². The van der Waals surface area contributed by atoms with Crippen molar-refractivity contribution in [2.75, 3.05) is 26.2 Å². The van der Waals surface area contributed by atoms with E-state index in [-0.39, 0.29) is 12.1 Å². The van der Waals surface area contributed by atoms with Crippen LogP contribution in [0.1, 0.15) is 42.5 Å². The van der Waals surface area contributed by atoms with E-state index in [0.29, 0.717) is 0 Å². The van der Waals surface area contributed by atoms with Gasteiger partial charge in [-0.3, -0.25) is 4.90 Å². The van der Waals surface area contributed by atoms with Crippen LogP contribution >= 0.6 is 0 Å². The molecule has 1 saturated heterocycles. The first kappa shape index (κ1) is 18.5. The number of hydrogen-bond acceptors (Lipinski definition) is 4. The van der Waals surface area contributed by atoms with Gasteiger partial charge < -0.3 is 14.7 Å². The van der Waals surface area contributed by atoms with E-state index in [1.165, 1.54) is 5.56 Å². The smallest absolute Gasteiger partial charge is 0.317 e. The molecular formula is C20H28N4O2. The van der Waals surface area contributed by atoms with Gasteiger partial charge in [0.1, 0.15) is 0 Å². The average molecular weight is 356 g/mol. The summed E-state index contributed by atoms with van der Waals surface area (Å²) in [6.07, 6.45) is 1.03. The summed E-state index contributed by atoms with van der Waals surface area (Å²) in [4.78, 5) is 16.7. The Morgan fingerprint density at radius 3 is 2.50 bits per heavy atom. The summed E-state index contributed by atoms with van der Waals surface area (Å²) in [7, 11) is 0. The molecule has 0 bridgehead atoms. The second-order valence-electron chi connectivity index (χ2n) is 6.96. The maximum Gasteiger partial charge on any atom is 0.317 e. The molecule has 1 aliphatic rings. The maximum absolute atomic E-state index is 12.5. The van der Waals surface area contributed by atoms with Gasteiger partial charge in [-0.25, -0.2) is 4.79 Å². The Hall–Kier alpha value is -2.34. The van der Waals surface area contributed by atoms with E-state index in [1.54, 1.807) is 0 Å². The molecule has 0 aliphatic carbocycles. The molecular weight excluding hydrogens is 328 g/mol. The van der Waals surface area contributed by atoms with Crippen LogP contribution in [0, 0.1) is 6.92 Å². The number of rotatable bonds is 5. The monoisotopic (exact) mass is 356 g/mol. The third-order valence-electron chi connectivity index (χ3n) is 4.94. The maximum atomic E-state index is 12.5. The summed E-state index contributed by atoms with van der Waals surface area (Å²) in [5, 5.41) is 7.03. The van der Waals surface area contributed by atoms with Crippen molar-refractivity contribution in [1.29, 1.82) is 0 Å². The van der Waals surface area contributed by atoms with Crippen LogP contribution in [-0.2, 0) is 13.0 Å². The van der Waals surface area contributed by atoms with Crippen molar-refractivity contribution in [2.24, 2.45) is 0 Å². The van der Waals surface area contributed by atoms with E-state index in [4.69, 9.17) is 4.52 Å². The first-order valence-electron chi connectivity index (χ1n) is 9.34. The summed E-state index contributed by atoms with van der Waals surface area (Å²) in [5.74, 6) is 0.879. The van der Waals surface area contributed by atoms with Crippen LogP contribution in [0.4, 0.5) is 4.79 Å². The summed E-state index contributed by atoms with van der Waals surface area (Å²) in [5.41, 5.74) is 3.35. The highest BCUT2D eigenvalue weighted by Crippen LogP contribution is 2.15. The molecule has 1 fully saturated rings. The molecule has 1 unspecified atom stereocenters.